The minimum absolute atomic E-state index is 0.122. The van der Waals surface area contributed by atoms with Crippen molar-refractivity contribution in [3.05, 3.63) is 23.8 Å². The minimum Gasteiger partial charge on any atom is -0.497 e. The second-order valence-electron chi connectivity index (χ2n) is 4.53. The lowest BCUT2D eigenvalue weighted by atomic mass is 10.1. The molecule has 2 unspecified atom stereocenters. The van der Waals surface area contributed by atoms with E-state index in [-0.39, 0.29) is 11.9 Å². The SMILES string of the molecule is COc1ccc(OC)c(C(=O)NC(C)CC(C)O)c1. The van der Waals surface area contributed by atoms with Crippen LogP contribution in [0.1, 0.15) is 30.6 Å². The Morgan fingerprint density at radius 3 is 2.53 bits per heavy atom. The Labute approximate surface area is 113 Å². The van der Waals surface area contributed by atoms with E-state index in [1.54, 1.807) is 32.2 Å². The van der Waals surface area contributed by atoms with E-state index in [1.807, 2.05) is 6.92 Å². The lowest BCUT2D eigenvalue weighted by Crippen LogP contribution is -2.34. The predicted molar refractivity (Wildman–Crippen MR) is 72.8 cm³/mol. The van der Waals surface area contributed by atoms with Gasteiger partial charge in [0, 0.05) is 6.04 Å². The number of nitrogens with one attached hydrogen (secondary N) is 1. The standard InChI is InChI=1S/C14H21NO4/c1-9(7-10(2)16)15-14(17)12-8-11(18-3)5-6-13(12)19-4/h5-6,8-10,16H,7H2,1-4H3,(H,15,17). The van der Waals surface area contributed by atoms with Gasteiger partial charge >= 0.3 is 0 Å². The van der Waals surface area contributed by atoms with E-state index in [9.17, 15) is 9.90 Å². The molecule has 19 heavy (non-hydrogen) atoms. The van der Waals surface area contributed by atoms with Gasteiger partial charge < -0.3 is 19.9 Å². The van der Waals surface area contributed by atoms with Crippen LogP contribution < -0.4 is 14.8 Å². The molecule has 1 aromatic carbocycles. The molecule has 0 saturated heterocycles. The van der Waals surface area contributed by atoms with Crippen molar-refractivity contribution in [2.75, 3.05) is 14.2 Å². The number of hydrogen-bond acceptors (Lipinski definition) is 4. The van der Waals surface area contributed by atoms with E-state index in [1.165, 1.54) is 7.11 Å². The van der Waals surface area contributed by atoms with E-state index in [0.717, 1.165) is 0 Å². The van der Waals surface area contributed by atoms with Gasteiger partial charge in [0.1, 0.15) is 11.5 Å². The normalized spacial score (nSPS) is 13.5. The van der Waals surface area contributed by atoms with Gasteiger partial charge in [-0.3, -0.25) is 4.79 Å². The molecule has 106 valence electrons. The average Bonchev–Trinajstić information content (AvgIpc) is 2.36. The first-order chi connectivity index (χ1) is 8.97. The summed E-state index contributed by atoms with van der Waals surface area (Å²) in [6.45, 7) is 3.53. The number of rotatable bonds is 6. The van der Waals surface area contributed by atoms with E-state index >= 15 is 0 Å². The van der Waals surface area contributed by atoms with E-state index in [2.05, 4.69) is 5.32 Å². The number of aliphatic hydroxyl groups is 1. The van der Waals surface area contributed by atoms with Crippen LogP contribution in [0.15, 0.2) is 18.2 Å². The molecule has 0 aliphatic carbocycles. The lowest BCUT2D eigenvalue weighted by molar-refractivity contribution is 0.0919. The minimum atomic E-state index is -0.456. The van der Waals surface area contributed by atoms with Crippen LogP contribution >= 0.6 is 0 Å². The maximum Gasteiger partial charge on any atom is 0.255 e. The van der Waals surface area contributed by atoms with Gasteiger partial charge in [-0.1, -0.05) is 0 Å². The topological polar surface area (TPSA) is 67.8 Å². The highest BCUT2D eigenvalue weighted by atomic mass is 16.5. The van der Waals surface area contributed by atoms with Crippen molar-refractivity contribution in [2.45, 2.75) is 32.4 Å². The van der Waals surface area contributed by atoms with Crippen molar-refractivity contribution in [3.8, 4) is 11.5 Å². The van der Waals surface area contributed by atoms with E-state index < -0.39 is 6.10 Å². The van der Waals surface area contributed by atoms with Crippen LogP contribution in [0, 0.1) is 0 Å². The molecule has 0 aromatic heterocycles. The fourth-order valence-electron chi connectivity index (χ4n) is 1.86. The zero-order valence-electron chi connectivity index (χ0n) is 11.8. The Balaban J connectivity index is 2.85. The number of hydrogen-bond donors (Lipinski definition) is 2. The highest BCUT2D eigenvalue weighted by Crippen LogP contribution is 2.23. The number of carbonyl (C=O) groups is 1. The van der Waals surface area contributed by atoms with Crippen LogP contribution in [-0.4, -0.2) is 37.4 Å². The third-order valence-electron chi connectivity index (χ3n) is 2.72. The lowest BCUT2D eigenvalue weighted by Gasteiger charge is -2.17. The molecule has 0 bridgehead atoms. The Bertz CT molecular complexity index is 431. The fraction of sp³-hybridized carbons (Fsp3) is 0.500. The summed E-state index contributed by atoms with van der Waals surface area (Å²) in [7, 11) is 3.05. The van der Waals surface area contributed by atoms with Crippen molar-refractivity contribution >= 4 is 5.91 Å². The zero-order valence-corrected chi connectivity index (χ0v) is 11.8. The Morgan fingerprint density at radius 1 is 1.32 bits per heavy atom. The summed E-state index contributed by atoms with van der Waals surface area (Å²) in [6.07, 6.45) is 0.0420. The monoisotopic (exact) mass is 267 g/mol. The van der Waals surface area contributed by atoms with Gasteiger partial charge in [-0.2, -0.15) is 0 Å². The van der Waals surface area contributed by atoms with Crippen molar-refractivity contribution < 1.29 is 19.4 Å². The van der Waals surface area contributed by atoms with Crippen LogP contribution in [0.3, 0.4) is 0 Å². The van der Waals surface area contributed by atoms with Crippen LogP contribution in [0.5, 0.6) is 11.5 Å². The molecule has 0 aliphatic rings. The van der Waals surface area contributed by atoms with E-state index in [4.69, 9.17) is 9.47 Å². The van der Waals surface area contributed by atoms with Gasteiger partial charge in [0.25, 0.3) is 5.91 Å². The maximum atomic E-state index is 12.2. The van der Waals surface area contributed by atoms with Crippen LogP contribution in [0.2, 0.25) is 0 Å². The van der Waals surface area contributed by atoms with Crippen LogP contribution in [0.4, 0.5) is 0 Å². The summed E-state index contributed by atoms with van der Waals surface area (Å²) in [4.78, 5) is 12.2. The molecule has 0 heterocycles. The largest absolute Gasteiger partial charge is 0.497 e. The first-order valence-electron chi connectivity index (χ1n) is 6.18. The van der Waals surface area contributed by atoms with Crippen molar-refractivity contribution in [1.29, 1.82) is 0 Å². The highest BCUT2D eigenvalue weighted by molar-refractivity contribution is 5.97. The molecule has 2 atom stereocenters. The Morgan fingerprint density at radius 2 is 2.00 bits per heavy atom. The first kappa shape index (κ1) is 15.3. The van der Waals surface area contributed by atoms with Gasteiger partial charge in [0.2, 0.25) is 0 Å². The molecule has 5 heteroatoms. The molecule has 0 radical (unpaired) electrons. The summed E-state index contributed by atoms with van der Waals surface area (Å²) < 4.78 is 10.3. The summed E-state index contributed by atoms with van der Waals surface area (Å²) in [5.41, 5.74) is 0.416. The molecule has 2 N–H and O–H groups in total. The number of benzene rings is 1. The Hall–Kier alpha value is -1.75. The Kier molecular flexibility index (Phi) is 5.63. The molecule has 0 fully saturated rings. The molecule has 1 aromatic rings. The molecule has 5 nitrogen and oxygen atoms in total. The summed E-state index contributed by atoms with van der Waals surface area (Å²) in [5.74, 6) is 0.834. The molecule has 1 rings (SSSR count). The van der Waals surface area contributed by atoms with Gasteiger partial charge in [0.15, 0.2) is 0 Å². The molecule has 0 saturated carbocycles. The highest BCUT2D eigenvalue weighted by Gasteiger charge is 2.16. The molecular weight excluding hydrogens is 246 g/mol. The predicted octanol–water partition coefficient (Wildman–Crippen LogP) is 1.59. The first-order valence-corrected chi connectivity index (χ1v) is 6.18. The number of amides is 1. The van der Waals surface area contributed by atoms with Gasteiger partial charge in [-0.15, -0.1) is 0 Å². The second kappa shape index (κ2) is 6.99. The number of aliphatic hydroxyl groups excluding tert-OH is 1. The van der Waals surface area contributed by atoms with Crippen molar-refractivity contribution in [1.82, 2.24) is 5.32 Å². The van der Waals surface area contributed by atoms with Gasteiger partial charge in [-0.05, 0) is 38.5 Å². The molecule has 1 amide bonds. The molecule has 0 aliphatic heterocycles. The molecule has 0 spiro atoms. The summed E-state index contributed by atoms with van der Waals surface area (Å²) in [6, 6.07) is 4.92. The maximum absolute atomic E-state index is 12.2. The average molecular weight is 267 g/mol. The quantitative estimate of drug-likeness (QED) is 0.821. The van der Waals surface area contributed by atoms with E-state index in [0.29, 0.717) is 23.5 Å². The van der Waals surface area contributed by atoms with Crippen LogP contribution in [-0.2, 0) is 0 Å². The van der Waals surface area contributed by atoms with Crippen LogP contribution in [0.25, 0.3) is 0 Å². The van der Waals surface area contributed by atoms with Gasteiger partial charge in [0.05, 0.1) is 25.9 Å². The van der Waals surface area contributed by atoms with Gasteiger partial charge in [-0.25, -0.2) is 0 Å². The second-order valence-corrected chi connectivity index (χ2v) is 4.53. The van der Waals surface area contributed by atoms with Crippen molar-refractivity contribution in [3.63, 3.8) is 0 Å². The third kappa shape index (κ3) is 4.44. The summed E-state index contributed by atoms with van der Waals surface area (Å²) in [5, 5.41) is 12.1. The summed E-state index contributed by atoms with van der Waals surface area (Å²) >= 11 is 0. The number of ether oxygens (including phenoxy) is 2. The third-order valence-corrected chi connectivity index (χ3v) is 2.72. The smallest absolute Gasteiger partial charge is 0.255 e. The molecular formula is C14H21NO4. The number of methoxy groups -OCH3 is 2. The van der Waals surface area contributed by atoms with Crippen molar-refractivity contribution in [2.24, 2.45) is 0 Å². The zero-order chi connectivity index (χ0) is 14.4. The number of carbonyl (C=O) groups excluding carboxylic acids is 1. The fourth-order valence-corrected chi connectivity index (χ4v) is 1.86.